The maximum Gasteiger partial charge on any atom is 0.267 e. The number of morpholine rings is 1. The van der Waals surface area contributed by atoms with Crippen molar-refractivity contribution < 1.29 is 18.7 Å². The Labute approximate surface area is 154 Å². The number of carbonyl (C=O) groups is 2. The number of nitrogens with zero attached hydrogens (tertiary/aromatic N) is 1. The molecule has 1 aromatic heterocycles. The highest BCUT2D eigenvalue weighted by molar-refractivity contribution is 5.91. The van der Waals surface area contributed by atoms with Crippen LogP contribution < -0.4 is 10.9 Å². The van der Waals surface area contributed by atoms with E-state index in [1.54, 1.807) is 17.9 Å². The molecule has 3 rings (SSSR count). The minimum absolute atomic E-state index is 0.0186. The zero-order valence-electron chi connectivity index (χ0n) is 14.9. The fourth-order valence-electron chi connectivity index (χ4n) is 3.08. The molecular formula is C18H21FN4O4. The quantitative estimate of drug-likeness (QED) is 0.722. The standard InChI is InChI=1S/C18H21FN4O4/c1-11-15(18(26)22-21-11)9-17(25)23-5-6-27-10-14(23)8-16(24)20-13-4-2-3-12(19)7-13/h2-4,7,14H,5-6,8-10H2,1H3,(H,20,24)(H2,21,22,26)/t14-/m0/s1. The lowest BCUT2D eigenvalue weighted by Gasteiger charge is -2.35. The first kappa shape index (κ1) is 18.8. The van der Waals surface area contributed by atoms with Gasteiger partial charge in [0.1, 0.15) is 5.82 Å². The maximum atomic E-state index is 13.2. The molecule has 2 amide bonds. The number of anilines is 1. The van der Waals surface area contributed by atoms with Crippen molar-refractivity contribution in [2.45, 2.75) is 25.8 Å². The minimum Gasteiger partial charge on any atom is -0.377 e. The summed E-state index contributed by atoms with van der Waals surface area (Å²) in [7, 11) is 0. The van der Waals surface area contributed by atoms with Crippen LogP contribution in [0.3, 0.4) is 0 Å². The normalized spacial score (nSPS) is 17.0. The molecule has 2 heterocycles. The summed E-state index contributed by atoms with van der Waals surface area (Å²) in [6.07, 6.45) is -0.0303. The molecule has 3 N–H and O–H groups in total. The molecule has 9 heteroatoms. The molecule has 1 aliphatic heterocycles. The number of nitrogens with one attached hydrogen (secondary N) is 3. The third-order valence-corrected chi connectivity index (χ3v) is 4.50. The number of benzene rings is 1. The van der Waals surface area contributed by atoms with Crippen molar-refractivity contribution in [1.82, 2.24) is 15.1 Å². The molecular weight excluding hydrogens is 355 g/mol. The molecule has 0 bridgehead atoms. The van der Waals surface area contributed by atoms with Gasteiger partial charge in [-0.3, -0.25) is 19.5 Å². The maximum absolute atomic E-state index is 13.2. The number of H-pyrrole nitrogens is 2. The Balaban J connectivity index is 1.65. The van der Waals surface area contributed by atoms with Crippen molar-refractivity contribution in [3.8, 4) is 0 Å². The van der Waals surface area contributed by atoms with Gasteiger partial charge in [0, 0.05) is 29.9 Å². The molecule has 2 aromatic rings. The number of rotatable bonds is 5. The number of aromatic amines is 2. The lowest BCUT2D eigenvalue weighted by Crippen LogP contribution is -2.50. The highest BCUT2D eigenvalue weighted by Gasteiger charge is 2.30. The van der Waals surface area contributed by atoms with E-state index in [4.69, 9.17) is 4.74 Å². The third kappa shape index (κ3) is 4.62. The molecule has 0 radical (unpaired) electrons. The average Bonchev–Trinajstić information content (AvgIpc) is 2.94. The second kappa shape index (κ2) is 8.17. The van der Waals surface area contributed by atoms with Crippen molar-refractivity contribution in [3.63, 3.8) is 0 Å². The predicted molar refractivity (Wildman–Crippen MR) is 95.8 cm³/mol. The summed E-state index contributed by atoms with van der Waals surface area (Å²) < 4.78 is 18.6. The zero-order chi connectivity index (χ0) is 19.4. The Kier molecular flexibility index (Phi) is 5.70. The number of hydrogen-bond acceptors (Lipinski definition) is 4. The van der Waals surface area contributed by atoms with E-state index in [0.29, 0.717) is 30.1 Å². The van der Waals surface area contributed by atoms with Crippen LogP contribution in [0.5, 0.6) is 0 Å². The van der Waals surface area contributed by atoms with Gasteiger partial charge in [0.25, 0.3) is 5.56 Å². The van der Waals surface area contributed by atoms with Crippen LogP contribution in [0.2, 0.25) is 0 Å². The van der Waals surface area contributed by atoms with Gasteiger partial charge in [0.2, 0.25) is 11.8 Å². The number of hydrogen-bond donors (Lipinski definition) is 3. The summed E-state index contributed by atoms with van der Waals surface area (Å²) in [6, 6.07) is 5.15. The molecule has 8 nitrogen and oxygen atoms in total. The minimum atomic E-state index is -0.447. The van der Waals surface area contributed by atoms with Crippen molar-refractivity contribution in [3.05, 3.63) is 51.7 Å². The molecule has 0 aliphatic carbocycles. The zero-order valence-corrected chi connectivity index (χ0v) is 14.9. The summed E-state index contributed by atoms with van der Waals surface area (Å²) in [4.78, 5) is 38.3. The summed E-state index contributed by atoms with van der Waals surface area (Å²) in [5.41, 5.74) is 1.02. The first-order valence-electron chi connectivity index (χ1n) is 8.63. The smallest absolute Gasteiger partial charge is 0.267 e. The summed E-state index contributed by atoms with van der Waals surface area (Å²) in [6.45, 7) is 2.66. The average molecular weight is 376 g/mol. The van der Waals surface area contributed by atoms with Gasteiger partial charge in [-0.2, -0.15) is 0 Å². The van der Waals surface area contributed by atoms with Crippen LogP contribution in [0.25, 0.3) is 0 Å². The van der Waals surface area contributed by atoms with Crippen molar-refractivity contribution in [1.29, 1.82) is 0 Å². The van der Waals surface area contributed by atoms with E-state index >= 15 is 0 Å². The van der Waals surface area contributed by atoms with Crippen molar-refractivity contribution in [2.24, 2.45) is 0 Å². The molecule has 1 aromatic carbocycles. The van der Waals surface area contributed by atoms with Gasteiger partial charge < -0.3 is 20.1 Å². The van der Waals surface area contributed by atoms with Gasteiger partial charge in [-0.25, -0.2) is 4.39 Å². The van der Waals surface area contributed by atoms with Gasteiger partial charge in [-0.15, -0.1) is 0 Å². The molecule has 0 saturated carbocycles. The lowest BCUT2D eigenvalue weighted by atomic mass is 10.1. The van der Waals surface area contributed by atoms with Crippen LogP contribution in [-0.2, 0) is 20.7 Å². The van der Waals surface area contributed by atoms with Gasteiger partial charge in [0.05, 0.1) is 25.7 Å². The van der Waals surface area contributed by atoms with Gasteiger partial charge in [-0.1, -0.05) is 6.07 Å². The monoisotopic (exact) mass is 376 g/mol. The molecule has 1 fully saturated rings. The number of carbonyl (C=O) groups excluding carboxylic acids is 2. The molecule has 1 aliphatic rings. The van der Waals surface area contributed by atoms with Crippen LogP contribution in [0.15, 0.2) is 29.1 Å². The summed E-state index contributed by atoms with van der Waals surface area (Å²) in [5.74, 6) is -1.03. The number of aromatic nitrogens is 2. The van der Waals surface area contributed by atoms with Crippen LogP contribution in [-0.4, -0.2) is 52.7 Å². The largest absolute Gasteiger partial charge is 0.377 e. The van der Waals surface area contributed by atoms with Crippen LogP contribution in [0.1, 0.15) is 17.7 Å². The number of aryl methyl sites for hydroxylation is 1. The Morgan fingerprint density at radius 1 is 1.37 bits per heavy atom. The first-order valence-corrected chi connectivity index (χ1v) is 8.63. The van der Waals surface area contributed by atoms with Gasteiger partial charge >= 0.3 is 0 Å². The van der Waals surface area contributed by atoms with Crippen molar-refractivity contribution in [2.75, 3.05) is 25.1 Å². The molecule has 0 spiro atoms. The lowest BCUT2D eigenvalue weighted by molar-refractivity contribution is -0.140. The van der Waals surface area contributed by atoms with Crippen molar-refractivity contribution >= 4 is 17.5 Å². The van der Waals surface area contributed by atoms with E-state index in [1.165, 1.54) is 18.2 Å². The Morgan fingerprint density at radius 2 is 2.19 bits per heavy atom. The first-order chi connectivity index (χ1) is 12.9. The Bertz CT molecular complexity index is 891. The highest BCUT2D eigenvalue weighted by Crippen LogP contribution is 2.15. The SMILES string of the molecule is Cc1[nH][nH]c(=O)c1CC(=O)N1CCOC[C@@H]1CC(=O)Nc1cccc(F)c1. The van der Waals surface area contributed by atoms with Crippen LogP contribution in [0.4, 0.5) is 10.1 Å². The third-order valence-electron chi connectivity index (χ3n) is 4.50. The van der Waals surface area contributed by atoms with E-state index < -0.39 is 11.9 Å². The number of ether oxygens (including phenoxy) is 1. The Hall–Kier alpha value is -2.94. The molecule has 144 valence electrons. The molecule has 1 saturated heterocycles. The van der Waals surface area contributed by atoms with E-state index in [1.807, 2.05) is 0 Å². The van der Waals surface area contributed by atoms with E-state index in [-0.39, 0.29) is 36.8 Å². The molecule has 1 atom stereocenters. The van der Waals surface area contributed by atoms with Crippen LogP contribution in [0, 0.1) is 12.7 Å². The Morgan fingerprint density at radius 3 is 2.89 bits per heavy atom. The van der Waals surface area contributed by atoms with E-state index in [2.05, 4.69) is 15.5 Å². The van der Waals surface area contributed by atoms with E-state index in [0.717, 1.165) is 0 Å². The highest BCUT2D eigenvalue weighted by atomic mass is 19.1. The fourth-order valence-corrected chi connectivity index (χ4v) is 3.08. The summed E-state index contributed by atoms with van der Waals surface area (Å²) in [5, 5.41) is 7.76. The van der Waals surface area contributed by atoms with Crippen LogP contribution >= 0.6 is 0 Å². The van der Waals surface area contributed by atoms with Gasteiger partial charge in [-0.05, 0) is 25.1 Å². The molecule has 27 heavy (non-hydrogen) atoms. The predicted octanol–water partition coefficient (Wildman–Crippen LogP) is 0.949. The second-order valence-electron chi connectivity index (χ2n) is 6.44. The van der Waals surface area contributed by atoms with E-state index in [9.17, 15) is 18.8 Å². The summed E-state index contributed by atoms with van der Waals surface area (Å²) >= 11 is 0. The number of halogens is 1. The van der Waals surface area contributed by atoms with Gasteiger partial charge in [0.15, 0.2) is 0 Å². The topological polar surface area (TPSA) is 107 Å². The fraction of sp³-hybridized carbons (Fsp3) is 0.389. The number of amides is 2. The molecule has 0 unspecified atom stereocenters. The second-order valence-corrected chi connectivity index (χ2v) is 6.44.